The van der Waals surface area contributed by atoms with E-state index in [0.29, 0.717) is 235 Å². The highest BCUT2D eigenvalue weighted by atomic mass is 16.5. The summed E-state index contributed by atoms with van der Waals surface area (Å²) in [6, 6.07) is -2.82. The van der Waals surface area contributed by atoms with E-state index in [4.69, 9.17) is 194 Å². The molecule has 0 saturated carbocycles. The molecule has 0 aliphatic rings. The Hall–Kier alpha value is -5.63. The van der Waals surface area contributed by atoms with Crippen molar-refractivity contribution >= 4 is 41.5 Å². The molecule has 0 aliphatic heterocycles. The van der Waals surface area contributed by atoms with Gasteiger partial charge in [0.05, 0.1) is 150 Å². The molecular weight excluding hydrogens is 1850 g/mol. The summed E-state index contributed by atoms with van der Waals surface area (Å²) in [5, 5.41) is 80.9. The quantitative estimate of drug-likeness (QED) is 0.0116. The molecule has 0 bridgehead atoms. The molecule has 0 aromatic rings. The molecule has 0 saturated heterocycles. The Morgan fingerprint density at radius 3 is 0.638 bits per heavy atom. The van der Waals surface area contributed by atoms with Crippen LogP contribution in [0.2, 0.25) is 0 Å². The predicted molar refractivity (Wildman–Crippen MR) is 553 cm³/mol. The van der Waals surface area contributed by atoms with Gasteiger partial charge in [0.1, 0.15) is 13.5 Å². The van der Waals surface area contributed by atoms with Gasteiger partial charge in [0, 0.05) is 134 Å². The molecule has 0 aromatic carbocycles. The number of aliphatic hydroxyl groups is 6. The second kappa shape index (κ2) is 147. The summed E-state index contributed by atoms with van der Waals surface area (Å²) in [7, 11) is 6.70. The molecule has 0 heterocycles. The van der Waals surface area contributed by atoms with Crippen LogP contribution in [-0.2, 0) is 90.3 Å². The highest BCUT2D eigenvalue weighted by Crippen LogP contribution is 2.01. The van der Waals surface area contributed by atoms with E-state index in [1.54, 1.807) is 28.4 Å². The molecule has 54 nitrogen and oxygen atoms in total. The van der Waals surface area contributed by atoms with Gasteiger partial charge in [0.15, 0.2) is 11.9 Å². The minimum absolute atomic E-state index is 0.0948. The average Bonchev–Trinajstić information content (AvgIpc) is 1.01. The fourth-order valence-corrected chi connectivity index (χ4v) is 8.94. The monoisotopic (exact) mass is 2060 g/mol. The van der Waals surface area contributed by atoms with Crippen LogP contribution in [0.25, 0.3) is 0 Å². The van der Waals surface area contributed by atoms with Crippen LogP contribution < -0.4 is 151 Å². The van der Waals surface area contributed by atoms with Crippen molar-refractivity contribution in [3.63, 3.8) is 0 Å². The van der Waals surface area contributed by atoms with E-state index in [2.05, 4.69) is 63.2 Å². The molecule has 852 valence electrons. The fourth-order valence-electron chi connectivity index (χ4n) is 8.94. The van der Waals surface area contributed by atoms with Crippen molar-refractivity contribution in [2.24, 2.45) is 107 Å². The number of unbranched alkanes of at least 4 members (excludes halogenated alkanes) is 3. The van der Waals surface area contributed by atoms with Gasteiger partial charge >= 0.3 is 0 Å². The van der Waals surface area contributed by atoms with Crippen molar-refractivity contribution in [1.29, 1.82) is 0 Å². The van der Waals surface area contributed by atoms with Gasteiger partial charge in [0.25, 0.3) is 0 Å². The third kappa shape index (κ3) is 171. The number of aliphatic imine (C=N–C) groups is 2. The number of guanidine groups is 2. The molecule has 0 fully saturated rings. The lowest BCUT2D eigenvalue weighted by Gasteiger charge is -2.08. The third-order valence-electron chi connectivity index (χ3n) is 17.0. The van der Waals surface area contributed by atoms with E-state index in [1.165, 1.54) is 0 Å². The minimum Gasteiger partial charge on any atom is -0.396 e. The first-order valence-corrected chi connectivity index (χ1v) is 49.1. The largest absolute Gasteiger partial charge is 0.396 e. The summed E-state index contributed by atoms with van der Waals surface area (Å²) in [6.45, 7) is 26.2. The van der Waals surface area contributed by atoms with Crippen molar-refractivity contribution in [3.05, 3.63) is 0 Å². The van der Waals surface area contributed by atoms with E-state index in [1.807, 2.05) is 0 Å². The molecule has 0 rings (SSSR count). The molecule has 54 heteroatoms. The zero-order chi connectivity index (χ0) is 108. The number of nitrogens with one attached hydrogen (secondary N) is 10. The smallest absolute Gasteiger partial charge is 0.234 e. The Labute approximate surface area is 842 Å². The number of nitrogens with two attached hydrogens (primary N) is 17. The normalized spacial score (nSPS) is 11.9. The molecule has 50 N–H and O–H groups in total. The van der Waals surface area contributed by atoms with Gasteiger partial charge < -0.3 is 205 Å². The van der Waals surface area contributed by atoms with E-state index in [9.17, 15) is 24.0 Å². The molecule has 5 atom stereocenters. The topological polar surface area (TPSA) is 923 Å². The molecule has 141 heavy (non-hydrogen) atoms. The van der Waals surface area contributed by atoms with Crippen LogP contribution in [0, 0.1) is 0 Å². The van der Waals surface area contributed by atoms with Gasteiger partial charge in [0.2, 0.25) is 29.5 Å². The first kappa shape index (κ1) is 156. The van der Waals surface area contributed by atoms with Gasteiger partial charge in [-0.1, -0.05) is 12.8 Å². The number of carbonyl (C=O) groups is 5. The number of amides is 5. The molecule has 0 radical (unpaired) electrons. The van der Waals surface area contributed by atoms with Crippen molar-refractivity contribution in [3.8, 4) is 0 Å². The zero-order valence-corrected chi connectivity index (χ0v) is 86.7. The van der Waals surface area contributed by atoms with Crippen LogP contribution in [-0.4, -0.2) is 428 Å². The van der Waals surface area contributed by atoms with E-state index < -0.39 is 59.7 Å². The summed E-state index contributed by atoms with van der Waals surface area (Å²) in [5.74, 6) is -1.76. The number of rotatable bonds is 95. The van der Waals surface area contributed by atoms with E-state index in [0.717, 1.165) is 182 Å². The first-order valence-electron chi connectivity index (χ1n) is 49.1. The van der Waals surface area contributed by atoms with Crippen LogP contribution in [0.4, 0.5) is 0 Å². The van der Waals surface area contributed by atoms with Crippen LogP contribution in [0.3, 0.4) is 0 Å². The number of primary amides is 5. The second-order valence-corrected chi connectivity index (χ2v) is 30.1. The van der Waals surface area contributed by atoms with Gasteiger partial charge in [-0.05, 0) is 213 Å². The Bertz CT molecular complexity index is 2350. The van der Waals surface area contributed by atoms with Crippen LogP contribution >= 0.6 is 0 Å². The summed E-state index contributed by atoms with van der Waals surface area (Å²) in [4.78, 5) is 61.0. The number of ether oxygens (including phenoxy) is 14. The van der Waals surface area contributed by atoms with E-state index in [-0.39, 0.29) is 59.1 Å². The Balaban J connectivity index is -0.000000170. The average molecular weight is 2060 g/mol. The molecule has 0 spiro atoms. The lowest BCUT2D eigenvalue weighted by molar-refractivity contribution is -0.120. The molecule has 5 unspecified atom stereocenters. The summed E-state index contributed by atoms with van der Waals surface area (Å²) >= 11 is 0. The second-order valence-electron chi connectivity index (χ2n) is 30.1. The SMILES string of the molecule is COCCCOCN=C(N)NCCCC(N)C(N)=O.COCCCOCNCCCCC(N)C(N)=O.COCCCOCNCCCN.COCCCOCNCCN.NC(=O)C(N)CCCCNCOCCCO.NC(=O)C(N)CCCNC(N)=NCOCCCO.NC(=O)C(N)CCCNCOCCCO.NCCCCNCOCCCO.NCCCNCOCCCO.NCCNCOCCCO. The fraction of sp³-hybridized carbons (Fsp3) is 0.920. The highest BCUT2D eigenvalue weighted by Gasteiger charge is 2.12. The summed E-state index contributed by atoms with van der Waals surface area (Å²) < 4.78 is 71.1. The third-order valence-corrected chi connectivity index (χ3v) is 17.0. The van der Waals surface area contributed by atoms with Crippen molar-refractivity contribution in [2.75, 3.05) is 326 Å². The maximum absolute atomic E-state index is 10.7. The molecule has 0 aromatic heterocycles. The minimum atomic E-state index is -0.619. The molecule has 0 aliphatic carbocycles. The Morgan fingerprint density at radius 1 is 0.227 bits per heavy atom. The van der Waals surface area contributed by atoms with Crippen LogP contribution in [0.15, 0.2) is 9.98 Å². The number of methoxy groups -OCH3 is 4. The van der Waals surface area contributed by atoms with Gasteiger partial charge in [-0.2, -0.15) is 0 Å². The van der Waals surface area contributed by atoms with Crippen LogP contribution in [0.5, 0.6) is 0 Å². The van der Waals surface area contributed by atoms with Gasteiger partial charge in [-0.3, -0.25) is 66.5 Å². The maximum atomic E-state index is 10.7. The zero-order valence-electron chi connectivity index (χ0n) is 86.7. The van der Waals surface area contributed by atoms with E-state index >= 15 is 0 Å². The van der Waals surface area contributed by atoms with Crippen molar-refractivity contribution in [1.82, 2.24) is 53.2 Å². The summed E-state index contributed by atoms with van der Waals surface area (Å²) in [6.07, 6.45) is 20.4. The number of nitrogens with zero attached hydrogens (tertiary/aromatic N) is 2. The van der Waals surface area contributed by atoms with Gasteiger partial charge in [-0.25, -0.2) is 9.98 Å². The summed E-state index contributed by atoms with van der Waals surface area (Å²) in [5.41, 5.74) is 90.0. The molecular formula is C87H209N29O25. The van der Waals surface area contributed by atoms with Crippen molar-refractivity contribution < 1.29 is 121 Å². The number of hydrogen-bond acceptors (Lipinski definition) is 45. The lowest BCUT2D eigenvalue weighted by atomic mass is 10.1. The molecule has 5 amide bonds. The van der Waals surface area contributed by atoms with Crippen LogP contribution in [0.1, 0.15) is 167 Å². The predicted octanol–water partition coefficient (Wildman–Crippen LogP) is -9.33. The van der Waals surface area contributed by atoms with Gasteiger partial charge in [-0.15, -0.1) is 0 Å². The standard InChI is InChI=1S/C11H25N5O3.C11H25N3O3.C10H23N5O3.C10H23N3O3.C9H21N3O3.2C8H20N2O2.2C7H18N2O2.C6H16N2O2/c1-18-6-3-7-19-8-16-11(14)15-5-2-4-9(12)10(13)17;1-16-7-4-8-17-9-14-6-3-2-5-10(12)11(13)15;11-8(9(12)17)3-1-4-14-10(13)15-7-18-6-2-5-16;11-9(10(12)15)4-1-2-5-13-8-16-7-3-6-14;10-8(9(11)14)3-1-4-12-7-15-6-2-5-13;1-11-6-3-7-12-8-10-5-2-4-9;9-4-1-2-5-10-8-12-7-3-6-11;1-10-5-2-6-11-7-9-4-3-8;8-3-1-4-9-7-11-6-2-5-10;7-2-3-8-6-10-5-1-4-9/h9H,2-8,12H2,1H3,(H2,13,17)(H3,14,15,16);10,14H,2-9,12H2,1H3,(H2,13,15);8,16H,1-7,11H2,(H2,12,17)(H3,13,14,15);9,13-14H,1-8,11H2,(H2,12,15);8,12-13H,1-7,10H2,(H2,11,14);10H,2-9H2,1H3;10-11H,1-9H2;9H,2-8H2,1H3;9-10H,1-8H2;8-9H,1-7H2. The Morgan fingerprint density at radius 2 is 0.418 bits per heavy atom. The Kier molecular flexibility index (Phi) is 162. The number of hydrogen-bond donors (Lipinski definition) is 33. The first-order chi connectivity index (χ1) is 68.3. The van der Waals surface area contributed by atoms with Crippen molar-refractivity contribution in [2.45, 2.75) is 197 Å². The number of aliphatic hydroxyl groups excluding tert-OH is 6. The lowest BCUT2D eigenvalue weighted by Crippen LogP contribution is -2.38. The highest BCUT2D eigenvalue weighted by molar-refractivity contribution is 5.81. The maximum Gasteiger partial charge on any atom is 0.234 e. The number of carbonyl (C=O) groups excluding carboxylic acids is 5.